The Morgan fingerprint density at radius 2 is 1.95 bits per heavy atom. The SMILES string of the molecule is CNC[C@@H](O)COc1ccc(Cl)c(-c2nc(C(C(C)=O)=C(C)N)c(C)c(N3CCC(OC(C)C)CC3)n2)c1. The molecule has 208 valence electrons. The molecule has 1 aliphatic rings. The van der Waals surface area contributed by atoms with Gasteiger partial charge >= 0.3 is 0 Å². The first kappa shape index (κ1) is 29.8. The minimum atomic E-state index is -0.661. The van der Waals surface area contributed by atoms with Crippen LogP contribution in [0.15, 0.2) is 23.9 Å². The van der Waals surface area contributed by atoms with Crippen LogP contribution in [-0.4, -0.2) is 72.5 Å². The number of carbonyl (C=O) groups excluding carboxylic acids is 1. The Hall–Kier alpha value is -2.72. The Kier molecular flexibility index (Phi) is 10.5. The van der Waals surface area contributed by atoms with Crippen molar-refractivity contribution in [2.24, 2.45) is 5.73 Å². The molecule has 1 aliphatic heterocycles. The van der Waals surface area contributed by atoms with Crippen molar-refractivity contribution in [3.8, 4) is 17.1 Å². The van der Waals surface area contributed by atoms with Gasteiger partial charge < -0.3 is 30.5 Å². The maximum atomic E-state index is 12.6. The zero-order chi connectivity index (χ0) is 28.0. The highest BCUT2D eigenvalue weighted by Crippen LogP contribution is 2.35. The molecule has 0 amide bonds. The Bertz CT molecular complexity index is 1160. The number of nitrogens with zero attached hydrogens (tertiary/aromatic N) is 3. The summed E-state index contributed by atoms with van der Waals surface area (Å²) < 4.78 is 11.8. The highest BCUT2D eigenvalue weighted by atomic mass is 35.5. The Morgan fingerprint density at radius 1 is 1.26 bits per heavy atom. The molecule has 1 aromatic heterocycles. The van der Waals surface area contributed by atoms with E-state index in [9.17, 15) is 9.90 Å². The number of allylic oxidation sites excluding steroid dienone is 2. The van der Waals surface area contributed by atoms with Crippen LogP contribution in [0.2, 0.25) is 5.02 Å². The molecule has 0 saturated carbocycles. The zero-order valence-electron chi connectivity index (χ0n) is 23.2. The lowest BCUT2D eigenvalue weighted by Gasteiger charge is -2.34. The molecule has 2 aromatic rings. The topological polar surface area (TPSA) is 123 Å². The van der Waals surface area contributed by atoms with Gasteiger partial charge in [0.05, 0.1) is 28.5 Å². The second kappa shape index (κ2) is 13.4. The quantitative estimate of drug-likeness (QED) is 0.362. The number of hydrogen-bond donors (Lipinski definition) is 3. The van der Waals surface area contributed by atoms with E-state index in [4.69, 9.17) is 36.8 Å². The van der Waals surface area contributed by atoms with Crippen LogP contribution < -0.4 is 20.7 Å². The average molecular weight is 546 g/mol. The molecule has 0 unspecified atom stereocenters. The van der Waals surface area contributed by atoms with Crippen molar-refractivity contribution < 1.29 is 19.4 Å². The van der Waals surface area contributed by atoms with E-state index in [0.29, 0.717) is 45.7 Å². The van der Waals surface area contributed by atoms with Gasteiger partial charge in [-0.25, -0.2) is 9.97 Å². The first-order valence-electron chi connectivity index (χ1n) is 13.0. The van der Waals surface area contributed by atoms with Gasteiger partial charge in [-0.05, 0) is 72.7 Å². The number of aliphatic hydroxyl groups excluding tert-OH is 1. The van der Waals surface area contributed by atoms with Gasteiger partial charge in [0, 0.05) is 36.5 Å². The molecule has 0 aliphatic carbocycles. The number of ketones is 1. The van der Waals surface area contributed by atoms with E-state index in [1.165, 1.54) is 6.92 Å². The van der Waals surface area contributed by atoms with E-state index in [1.54, 1.807) is 32.2 Å². The molecule has 0 spiro atoms. The van der Waals surface area contributed by atoms with E-state index in [-0.39, 0.29) is 24.6 Å². The molecule has 2 heterocycles. The Balaban J connectivity index is 2.06. The summed E-state index contributed by atoms with van der Waals surface area (Å²) in [7, 11) is 1.76. The number of aliphatic hydroxyl groups is 1. The molecule has 1 atom stereocenters. The number of rotatable bonds is 11. The number of carbonyl (C=O) groups is 1. The summed E-state index contributed by atoms with van der Waals surface area (Å²) in [5, 5.41) is 13.4. The molecule has 9 nitrogen and oxygen atoms in total. The molecule has 0 bridgehead atoms. The van der Waals surface area contributed by atoms with Crippen molar-refractivity contribution in [3.05, 3.63) is 40.2 Å². The standard InChI is InChI=1S/C28H40ClN5O4/c1-16(2)38-21-9-11-34(12-10-21)28-17(3)26(25(18(4)30)19(5)35)32-27(33-28)23-13-22(7-8-24(23)29)37-15-20(36)14-31-6/h7-8,13,16,20-21,31,36H,9-12,14-15,30H2,1-6H3/t20-/m1/s1. The third-order valence-electron chi connectivity index (χ3n) is 6.37. The van der Waals surface area contributed by atoms with Crippen LogP contribution in [0.5, 0.6) is 5.75 Å². The van der Waals surface area contributed by atoms with Crippen molar-refractivity contribution >= 4 is 28.8 Å². The number of Topliss-reactive ketones (excluding diaryl/α,β-unsaturated/α-hetero) is 1. The number of piperidine rings is 1. The number of anilines is 1. The molecule has 3 rings (SSSR count). The monoisotopic (exact) mass is 545 g/mol. The highest BCUT2D eigenvalue weighted by molar-refractivity contribution is 6.33. The molecule has 1 fully saturated rings. The normalized spacial score (nSPS) is 16.0. The first-order chi connectivity index (χ1) is 18.0. The summed E-state index contributed by atoms with van der Waals surface area (Å²) in [6.07, 6.45) is 1.46. The number of benzene rings is 1. The zero-order valence-corrected chi connectivity index (χ0v) is 23.9. The molecular weight excluding hydrogens is 506 g/mol. The van der Waals surface area contributed by atoms with Gasteiger partial charge in [0.1, 0.15) is 24.3 Å². The number of likely N-dealkylation sites (N-methyl/N-ethyl adjacent to an activating group) is 1. The number of nitrogens with one attached hydrogen (secondary N) is 1. The second-order valence-corrected chi connectivity index (χ2v) is 10.4. The van der Waals surface area contributed by atoms with E-state index in [2.05, 4.69) is 10.2 Å². The maximum absolute atomic E-state index is 12.6. The van der Waals surface area contributed by atoms with Gasteiger partial charge in [0.25, 0.3) is 0 Å². The number of nitrogens with two attached hydrogens (primary N) is 1. The van der Waals surface area contributed by atoms with Crippen LogP contribution in [0.25, 0.3) is 17.0 Å². The summed E-state index contributed by atoms with van der Waals surface area (Å²) in [5.74, 6) is 1.46. The number of hydrogen-bond acceptors (Lipinski definition) is 9. The van der Waals surface area contributed by atoms with Crippen LogP contribution in [-0.2, 0) is 9.53 Å². The molecule has 1 saturated heterocycles. The third-order valence-corrected chi connectivity index (χ3v) is 6.70. The predicted molar refractivity (Wildman–Crippen MR) is 152 cm³/mol. The van der Waals surface area contributed by atoms with Gasteiger partial charge in [-0.1, -0.05) is 11.6 Å². The fourth-order valence-electron chi connectivity index (χ4n) is 4.65. The second-order valence-electron chi connectivity index (χ2n) is 9.99. The van der Waals surface area contributed by atoms with Crippen molar-refractivity contribution in [2.45, 2.75) is 65.8 Å². The van der Waals surface area contributed by atoms with Crippen molar-refractivity contribution in [1.29, 1.82) is 0 Å². The van der Waals surface area contributed by atoms with Gasteiger partial charge in [0.2, 0.25) is 0 Å². The van der Waals surface area contributed by atoms with Crippen LogP contribution in [0.4, 0.5) is 5.82 Å². The Labute approximate surface area is 230 Å². The smallest absolute Gasteiger partial charge is 0.163 e. The Morgan fingerprint density at radius 3 is 2.53 bits per heavy atom. The van der Waals surface area contributed by atoms with Crippen molar-refractivity contribution in [3.63, 3.8) is 0 Å². The molecule has 1 aromatic carbocycles. The van der Waals surface area contributed by atoms with E-state index in [1.807, 2.05) is 20.8 Å². The molecule has 10 heteroatoms. The minimum absolute atomic E-state index is 0.115. The number of halogens is 1. The van der Waals surface area contributed by atoms with Crippen LogP contribution in [0, 0.1) is 6.92 Å². The fraction of sp³-hybridized carbons (Fsp3) is 0.536. The van der Waals surface area contributed by atoms with Gasteiger partial charge in [-0.15, -0.1) is 0 Å². The van der Waals surface area contributed by atoms with Gasteiger partial charge in [-0.2, -0.15) is 0 Å². The lowest BCUT2D eigenvalue weighted by atomic mass is 10.0. The fourth-order valence-corrected chi connectivity index (χ4v) is 4.85. The highest BCUT2D eigenvalue weighted by Gasteiger charge is 2.27. The predicted octanol–water partition coefficient (Wildman–Crippen LogP) is 3.74. The molecule has 0 radical (unpaired) electrons. The third kappa shape index (κ3) is 7.44. The number of aromatic nitrogens is 2. The summed E-state index contributed by atoms with van der Waals surface area (Å²) in [4.78, 5) is 24.6. The largest absolute Gasteiger partial charge is 0.491 e. The van der Waals surface area contributed by atoms with Crippen LogP contribution in [0.1, 0.15) is 51.8 Å². The number of ether oxygens (including phenoxy) is 2. The van der Waals surface area contributed by atoms with E-state index < -0.39 is 6.10 Å². The van der Waals surface area contributed by atoms with E-state index >= 15 is 0 Å². The summed E-state index contributed by atoms with van der Waals surface area (Å²) in [6, 6.07) is 5.20. The molecular formula is C28H40ClN5O4. The van der Waals surface area contributed by atoms with Gasteiger partial charge in [-0.3, -0.25) is 4.79 Å². The van der Waals surface area contributed by atoms with Crippen LogP contribution >= 0.6 is 11.6 Å². The average Bonchev–Trinajstić information content (AvgIpc) is 2.85. The minimum Gasteiger partial charge on any atom is -0.491 e. The lowest BCUT2D eigenvalue weighted by molar-refractivity contribution is -0.111. The van der Waals surface area contributed by atoms with E-state index in [0.717, 1.165) is 37.3 Å². The molecule has 38 heavy (non-hydrogen) atoms. The van der Waals surface area contributed by atoms with Crippen molar-refractivity contribution in [2.75, 3.05) is 38.2 Å². The summed E-state index contributed by atoms with van der Waals surface area (Å²) in [6.45, 7) is 11.2. The lowest BCUT2D eigenvalue weighted by Crippen LogP contribution is -2.39. The molecule has 4 N–H and O–H groups in total. The summed E-state index contributed by atoms with van der Waals surface area (Å²) >= 11 is 6.62. The van der Waals surface area contributed by atoms with Gasteiger partial charge in [0.15, 0.2) is 11.6 Å². The summed E-state index contributed by atoms with van der Waals surface area (Å²) in [5.41, 5.74) is 8.75. The van der Waals surface area contributed by atoms with Crippen molar-refractivity contribution in [1.82, 2.24) is 15.3 Å². The maximum Gasteiger partial charge on any atom is 0.163 e. The van der Waals surface area contributed by atoms with Crippen LogP contribution in [0.3, 0.4) is 0 Å². The first-order valence-corrected chi connectivity index (χ1v) is 13.4.